The molecule has 2 aliphatic rings. The summed E-state index contributed by atoms with van der Waals surface area (Å²) in [5.41, 5.74) is 5.44. The molecule has 1 aliphatic carbocycles. The van der Waals surface area contributed by atoms with Gasteiger partial charge < -0.3 is 16.0 Å². The Hall–Kier alpha value is -0.810. The van der Waals surface area contributed by atoms with Crippen LogP contribution in [0.5, 0.6) is 0 Å². The first-order valence-electron chi connectivity index (χ1n) is 6.32. The number of hydrogen-bond acceptors (Lipinski definition) is 3. The van der Waals surface area contributed by atoms with Gasteiger partial charge in [0.1, 0.15) is 0 Å². The number of nitrogens with one attached hydrogen (secondary N) is 1. The molecule has 0 spiro atoms. The Labute approximate surface area is 114 Å². The standard InChI is InChI=1S/C12H21N3O2.ClH/c1-7-3-10(7)15-6-9(4-11(15)16)14-12(17)8(2)5-13;/h7-10H,3-6,13H2,1-2H3,(H,14,17);1H. The number of hydrogen-bond donors (Lipinski definition) is 2. The van der Waals surface area contributed by atoms with Gasteiger partial charge in [-0.1, -0.05) is 13.8 Å². The van der Waals surface area contributed by atoms with Crippen LogP contribution in [0.25, 0.3) is 0 Å². The highest BCUT2D eigenvalue weighted by molar-refractivity contribution is 5.85. The smallest absolute Gasteiger partial charge is 0.225 e. The maximum absolute atomic E-state index is 11.8. The zero-order valence-electron chi connectivity index (χ0n) is 10.9. The Balaban J connectivity index is 0.00000162. The van der Waals surface area contributed by atoms with E-state index in [4.69, 9.17) is 5.73 Å². The lowest BCUT2D eigenvalue weighted by Gasteiger charge is -2.18. The quantitative estimate of drug-likeness (QED) is 0.766. The SMILES string of the molecule is CC(CN)C(=O)NC1CC(=O)N(C2CC2C)C1.Cl. The molecule has 6 heteroatoms. The fraction of sp³-hybridized carbons (Fsp3) is 0.833. The molecule has 1 heterocycles. The van der Waals surface area contributed by atoms with Crippen molar-refractivity contribution in [2.75, 3.05) is 13.1 Å². The summed E-state index contributed by atoms with van der Waals surface area (Å²) in [4.78, 5) is 25.4. The van der Waals surface area contributed by atoms with Gasteiger partial charge in [-0.3, -0.25) is 9.59 Å². The topological polar surface area (TPSA) is 75.4 Å². The highest BCUT2D eigenvalue weighted by atomic mass is 35.5. The monoisotopic (exact) mass is 275 g/mol. The Morgan fingerprint density at radius 1 is 1.61 bits per heavy atom. The maximum Gasteiger partial charge on any atom is 0.225 e. The molecule has 2 fully saturated rings. The number of halogens is 1. The summed E-state index contributed by atoms with van der Waals surface area (Å²) in [6.45, 7) is 4.96. The molecule has 2 amide bonds. The molecule has 104 valence electrons. The highest BCUT2D eigenvalue weighted by Gasteiger charge is 2.44. The zero-order chi connectivity index (χ0) is 12.6. The number of amides is 2. The van der Waals surface area contributed by atoms with Crippen LogP contribution in [0.3, 0.4) is 0 Å². The first kappa shape index (κ1) is 15.2. The van der Waals surface area contributed by atoms with Crippen LogP contribution in [-0.2, 0) is 9.59 Å². The van der Waals surface area contributed by atoms with E-state index in [9.17, 15) is 9.59 Å². The summed E-state index contributed by atoms with van der Waals surface area (Å²) in [5.74, 6) is 0.566. The van der Waals surface area contributed by atoms with Crippen molar-refractivity contribution in [3.8, 4) is 0 Å². The molecule has 1 aliphatic heterocycles. The molecular formula is C12H22ClN3O2. The van der Waals surface area contributed by atoms with Crippen LogP contribution in [0.2, 0.25) is 0 Å². The molecule has 0 radical (unpaired) electrons. The molecular weight excluding hydrogens is 254 g/mol. The first-order valence-corrected chi connectivity index (χ1v) is 6.32. The second kappa shape index (κ2) is 5.89. The molecule has 1 saturated heterocycles. The molecule has 0 aromatic rings. The molecule has 4 atom stereocenters. The van der Waals surface area contributed by atoms with Gasteiger partial charge in [0.2, 0.25) is 11.8 Å². The molecule has 3 N–H and O–H groups in total. The summed E-state index contributed by atoms with van der Waals surface area (Å²) in [7, 11) is 0. The van der Waals surface area contributed by atoms with Crippen LogP contribution in [-0.4, -0.2) is 41.9 Å². The number of rotatable bonds is 4. The van der Waals surface area contributed by atoms with Crippen molar-refractivity contribution in [1.29, 1.82) is 0 Å². The zero-order valence-corrected chi connectivity index (χ0v) is 11.7. The number of likely N-dealkylation sites (tertiary alicyclic amines) is 1. The van der Waals surface area contributed by atoms with E-state index < -0.39 is 0 Å². The molecule has 5 nitrogen and oxygen atoms in total. The fourth-order valence-corrected chi connectivity index (χ4v) is 2.34. The molecule has 0 aromatic heterocycles. The summed E-state index contributed by atoms with van der Waals surface area (Å²) < 4.78 is 0. The third-order valence-electron chi connectivity index (χ3n) is 3.77. The number of carbonyl (C=O) groups is 2. The van der Waals surface area contributed by atoms with Gasteiger partial charge in [0.25, 0.3) is 0 Å². The lowest BCUT2D eigenvalue weighted by molar-refractivity contribution is -0.128. The second-order valence-electron chi connectivity index (χ2n) is 5.37. The van der Waals surface area contributed by atoms with E-state index in [2.05, 4.69) is 12.2 Å². The van der Waals surface area contributed by atoms with Gasteiger partial charge in [0.15, 0.2) is 0 Å². The molecule has 2 rings (SSSR count). The van der Waals surface area contributed by atoms with E-state index in [0.717, 1.165) is 6.42 Å². The van der Waals surface area contributed by atoms with Crippen molar-refractivity contribution in [2.45, 2.75) is 38.8 Å². The third-order valence-corrected chi connectivity index (χ3v) is 3.77. The summed E-state index contributed by atoms with van der Waals surface area (Å²) in [6.07, 6.45) is 1.54. The summed E-state index contributed by atoms with van der Waals surface area (Å²) in [6, 6.07) is 0.383. The minimum atomic E-state index is -0.181. The highest BCUT2D eigenvalue weighted by Crippen LogP contribution is 2.37. The third kappa shape index (κ3) is 3.14. The van der Waals surface area contributed by atoms with Crippen molar-refractivity contribution >= 4 is 24.2 Å². The second-order valence-corrected chi connectivity index (χ2v) is 5.37. The number of nitrogens with two attached hydrogens (primary N) is 1. The normalized spacial score (nSPS) is 31.8. The van der Waals surface area contributed by atoms with Crippen LogP contribution in [0.15, 0.2) is 0 Å². The van der Waals surface area contributed by atoms with E-state index in [0.29, 0.717) is 31.5 Å². The van der Waals surface area contributed by atoms with Gasteiger partial charge in [0, 0.05) is 31.5 Å². The molecule has 0 bridgehead atoms. The van der Waals surface area contributed by atoms with E-state index in [1.54, 1.807) is 6.92 Å². The Morgan fingerprint density at radius 3 is 2.72 bits per heavy atom. The maximum atomic E-state index is 11.8. The van der Waals surface area contributed by atoms with E-state index in [-0.39, 0.29) is 36.2 Å². The lowest BCUT2D eigenvalue weighted by Crippen LogP contribution is -2.42. The average Bonchev–Trinajstić information content (AvgIpc) is 2.89. The van der Waals surface area contributed by atoms with Crippen LogP contribution in [0.1, 0.15) is 26.7 Å². The van der Waals surface area contributed by atoms with Crippen molar-refractivity contribution in [3.05, 3.63) is 0 Å². The Bertz CT molecular complexity index is 335. The minimum absolute atomic E-state index is 0. The lowest BCUT2D eigenvalue weighted by atomic mass is 10.1. The number of nitrogens with zero attached hydrogens (tertiary/aromatic N) is 1. The Morgan fingerprint density at radius 2 is 2.22 bits per heavy atom. The van der Waals surface area contributed by atoms with E-state index >= 15 is 0 Å². The fourth-order valence-electron chi connectivity index (χ4n) is 2.34. The molecule has 18 heavy (non-hydrogen) atoms. The van der Waals surface area contributed by atoms with Gasteiger partial charge in [-0.05, 0) is 12.3 Å². The minimum Gasteiger partial charge on any atom is -0.351 e. The van der Waals surface area contributed by atoms with Crippen molar-refractivity contribution in [2.24, 2.45) is 17.6 Å². The van der Waals surface area contributed by atoms with Crippen LogP contribution < -0.4 is 11.1 Å². The van der Waals surface area contributed by atoms with Gasteiger partial charge >= 0.3 is 0 Å². The van der Waals surface area contributed by atoms with E-state index in [1.807, 2.05) is 4.90 Å². The first-order chi connectivity index (χ1) is 8.02. The van der Waals surface area contributed by atoms with Gasteiger partial charge in [-0.15, -0.1) is 12.4 Å². The van der Waals surface area contributed by atoms with Crippen molar-refractivity contribution < 1.29 is 9.59 Å². The molecule has 1 saturated carbocycles. The summed E-state index contributed by atoms with van der Waals surface area (Å²) in [5, 5.41) is 2.91. The average molecular weight is 276 g/mol. The van der Waals surface area contributed by atoms with E-state index in [1.165, 1.54) is 0 Å². The molecule has 0 aromatic carbocycles. The Kier molecular flexibility index (Phi) is 4.99. The predicted molar refractivity (Wildman–Crippen MR) is 71.3 cm³/mol. The van der Waals surface area contributed by atoms with Crippen molar-refractivity contribution in [1.82, 2.24) is 10.2 Å². The molecule has 4 unspecified atom stereocenters. The van der Waals surface area contributed by atoms with Crippen LogP contribution in [0.4, 0.5) is 0 Å². The summed E-state index contributed by atoms with van der Waals surface area (Å²) >= 11 is 0. The van der Waals surface area contributed by atoms with Gasteiger partial charge in [0.05, 0.1) is 6.04 Å². The van der Waals surface area contributed by atoms with Crippen molar-refractivity contribution in [3.63, 3.8) is 0 Å². The predicted octanol–water partition coefficient (Wildman–Crippen LogP) is 0.129. The van der Waals surface area contributed by atoms with Crippen LogP contribution in [0, 0.1) is 11.8 Å². The largest absolute Gasteiger partial charge is 0.351 e. The van der Waals surface area contributed by atoms with Crippen LogP contribution >= 0.6 is 12.4 Å². The van der Waals surface area contributed by atoms with Gasteiger partial charge in [-0.2, -0.15) is 0 Å². The van der Waals surface area contributed by atoms with Gasteiger partial charge in [-0.25, -0.2) is 0 Å². The number of carbonyl (C=O) groups excluding carboxylic acids is 2.